The highest BCUT2D eigenvalue weighted by Gasteiger charge is 2.28. The molecule has 144 valence electrons. The molecule has 0 heterocycles. The first-order valence-electron chi connectivity index (χ1n) is 8.53. The predicted molar refractivity (Wildman–Crippen MR) is 105 cm³/mol. The van der Waals surface area contributed by atoms with Crippen LogP contribution in [0, 0.1) is 6.92 Å². The summed E-state index contributed by atoms with van der Waals surface area (Å²) < 4.78 is 15.2. The Kier molecular flexibility index (Phi) is 5.22. The molecule has 1 N–H and O–H groups in total. The van der Waals surface area contributed by atoms with Gasteiger partial charge in [-0.15, -0.1) is 0 Å². The summed E-state index contributed by atoms with van der Waals surface area (Å²) in [6.07, 6.45) is 0. The highest BCUT2D eigenvalue weighted by molar-refractivity contribution is 6.12. The van der Waals surface area contributed by atoms with Crippen molar-refractivity contribution in [2.24, 2.45) is 0 Å². The first kappa shape index (κ1) is 19.2. The monoisotopic (exact) mass is 380 g/mol. The molecule has 0 atom stereocenters. The lowest BCUT2D eigenvalue weighted by atomic mass is 9.87. The van der Waals surface area contributed by atoms with Gasteiger partial charge >= 0.3 is 11.9 Å². The van der Waals surface area contributed by atoms with E-state index in [0.29, 0.717) is 22.4 Å². The summed E-state index contributed by atoms with van der Waals surface area (Å²) >= 11 is 0. The van der Waals surface area contributed by atoms with Crippen LogP contribution < -0.4 is 4.74 Å². The van der Waals surface area contributed by atoms with Crippen molar-refractivity contribution in [3.8, 4) is 22.6 Å². The summed E-state index contributed by atoms with van der Waals surface area (Å²) in [5.41, 5.74) is 1.50. The predicted octanol–water partition coefficient (Wildman–Crippen LogP) is 4.10. The lowest BCUT2D eigenvalue weighted by molar-refractivity contribution is 0.0555. The molecule has 0 saturated heterocycles. The summed E-state index contributed by atoms with van der Waals surface area (Å²) in [7, 11) is 4.03. The Bertz CT molecular complexity index is 1080. The fraction of sp³-hybridized carbons (Fsp3) is 0.182. The van der Waals surface area contributed by atoms with Crippen molar-refractivity contribution >= 4 is 22.7 Å². The number of benzene rings is 3. The molecule has 0 aliphatic carbocycles. The van der Waals surface area contributed by atoms with Crippen molar-refractivity contribution in [3.63, 3.8) is 0 Å². The van der Waals surface area contributed by atoms with E-state index in [1.54, 1.807) is 26.2 Å². The number of fused-ring (bicyclic) bond motifs is 1. The molecule has 0 fully saturated rings. The highest BCUT2D eigenvalue weighted by atomic mass is 16.5. The lowest BCUT2D eigenvalue weighted by Crippen LogP contribution is -2.14. The number of phenols is 1. The fourth-order valence-corrected chi connectivity index (χ4v) is 3.36. The van der Waals surface area contributed by atoms with E-state index in [2.05, 4.69) is 0 Å². The summed E-state index contributed by atoms with van der Waals surface area (Å²) in [6.45, 7) is 1.68. The van der Waals surface area contributed by atoms with Crippen LogP contribution in [0.5, 0.6) is 11.5 Å². The van der Waals surface area contributed by atoms with Gasteiger partial charge in [0.1, 0.15) is 11.5 Å². The third-order valence-electron chi connectivity index (χ3n) is 4.73. The van der Waals surface area contributed by atoms with E-state index in [4.69, 9.17) is 14.2 Å². The minimum Gasteiger partial charge on any atom is -0.508 e. The largest absolute Gasteiger partial charge is 0.508 e. The van der Waals surface area contributed by atoms with E-state index in [9.17, 15) is 14.7 Å². The summed E-state index contributed by atoms with van der Waals surface area (Å²) in [4.78, 5) is 24.9. The molecular weight excluding hydrogens is 360 g/mol. The number of carbonyl (C=O) groups excluding carboxylic acids is 2. The van der Waals surface area contributed by atoms with Crippen LogP contribution in [0.3, 0.4) is 0 Å². The maximum Gasteiger partial charge on any atom is 0.339 e. The number of rotatable bonds is 4. The van der Waals surface area contributed by atoms with Crippen molar-refractivity contribution < 1.29 is 28.9 Å². The SMILES string of the molecule is COC(=O)c1cc(O)c(C)c(-c2ccc(OC)c3ccccc23)c1C(=O)OC. The number of methoxy groups -OCH3 is 3. The van der Waals surface area contributed by atoms with E-state index < -0.39 is 11.9 Å². The lowest BCUT2D eigenvalue weighted by Gasteiger charge is -2.18. The Balaban J connectivity index is 2.49. The molecule has 3 aromatic carbocycles. The second kappa shape index (κ2) is 7.60. The van der Waals surface area contributed by atoms with Crippen molar-refractivity contribution in [1.29, 1.82) is 0 Å². The minimum absolute atomic E-state index is 0.0416. The van der Waals surface area contributed by atoms with Crippen LogP contribution >= 0.6 is 0 Å². The first-order chi connectivity index (χ1) is 13.4. The zero-order valence-corrected chi connectivity index (χ0v) is 16.0. The number of aromatic hydroxyl groups is 1. The molecule has 0 aliphatic rings. The van der Waals surface area contributed by atoms with Crippen molar-refractivity contribution in [2.75, 3.05) is 21.3 Å². The van der Waals surface area contributed by atoms with Gasteiger partial charge < -0.3 is 19.3 Å². The number of phenolic OH excluding ortho intramolecular Hbond substituents is 1. The average Bonchev–Trinajstić information content (AvgIpc) is 2.73. The third-order valence-corrected chi connectivity index (χ3v) is 4.73. The molecule has 6 nitrogen and oxygen atoms in total. The molecule has 0 saturated carbocycles. The van der Waals surface area contributed by atoms with Crippen LogP contribution in [0.2, 0.25) is 0 Å². The molecule has 6 heteroatoms. The van der Waals surface area contributed by atoms with Crippen molar-refractivity contribution in [2.45, 2.75) is 6.92 Å². The minimum atomic E-state index is -0.741. The second-order valence-corrected chi connectivity index (χ2v) is 6.16. The topological polar surface area (TPSA) is 82.1 Å². The van der Waals surface area contributed by atoms with Crippen molar-refractivity contribution in [1.82, 2.24) is 0 Å². The second-order valence-electron chi connectivity index (χ2n) is 6.16. The Morgan fingerprint density at radius 3 is 2.14 bits per heavy atom. The van der Waals surface area contributed by atoms with E-state index in [1.165, 1.54) is 20.3 Å². The van der Waals surface area contributed by atoms with E-state index in [0.717, 1.165) is 10.8 Å². The maximum atomic E-state index is 12.6. The van der Waals surface area contributed by atoms with Crippen LogP contribution in [-0.2, 0) is 9.47 Å². The molecule has 0 aromatic heterocycles. The maximum absolute atomic E-state index is 12.6. The highest BCUT2D eigenvalue weighted by Crippen LogP contribution is 2.41. The molecule has 0 aliphatic heterocycles. The zero-order chi connectivity index (χ0) is 20.4. The smallest absolute Gasteiger partial charge is 0.339 e. The summed E-state index contributed by atoms with van der Waals surface area (Å²) in [5.74, 6) is -0.888. The first-order valence-corrected chi connectivity index (χ1v) is 8.53. The van der Waals surface area contributed by atoms with Gasteiger partial charge in [-0.05, 0) is 35.6 Å². The quantitative estimate of drug-likeness (QED) is 0.686. The Morgan fingerprint density at radius 2 is 1.54 bits per heavy atom. The van der Waals surface area contributed by atoms with Gasteiger partial charge in [0.15, 0.2) is 0 Å². The molecule has 0 amide bonds. The molecule has 3 aromatic rings. The molecule has 0 spiro atoms. The van der Waals surface area contributed by atoms with Crippen molar-refractivity contribution in [3.05, 3.63) is 59.2 Å². The third kappa shape index (κ3) is 3.03. The number of ether oxygens (including phenoxy) is 3. The Labute approximate surface area is 162 Å². The van der Waals surface area contributed by atoms with Gasteiger partial charge in [-0.25, -0.2) is 9.59 Å². The molecular formula is C22H20O6. The summed E-state index contributed by atoms with van der Waals surface area (Å²) in [6, 6.07) is 12.3. The molecule has 3 rings (SSSR count). The number of hydrogen-bond acceptors (Lipinski definition) is 6. The Morgan fingerprint density at radius 1 is 0.893 bits per heavy atom. The van der Waals surface area contributed by atoms with Gasteiger partial charge in [-0.3, -0.25) is 0 Å². The van der Waals surface area contributed by atoms with E-state index >= 15 is 0 Å². The van der Waals surface area contributed by atoms with Crippen LogP contribution in [0.1, 0.15) is 26.3 Å². The normalized spacial score (nSPS) is 10.6. The fourth-order valence-electron chi connectivity index (χ4n) is 3.36. The van der Waals surface area contributed by atoms with Gasteiger partial charge in [-0.2, -0.15) is 0 Å². The van der Waals surface area contributed by atoms with E-state index in [1.807, 2.05) is 24.3 Å². The number of carbonyl (C=O) groups is 2. The van der Waals surface area contributed by atoms with Gasteiger partial charge in [0.25, 0.3) is 0 Å². The number of hydrogen-bond donors (Lipinski definition) is 1. The van der Waals surface area contributed by atoms with Crippen LogP contribution in [0.25, 0.3) is 21.9 Å². The van der Waals surface area contributed by atoms with Gasteiger partial charge in [0, 0.05) is 10.9 Å². The Hall–Kier alpha value is -3.54. The molecule has 0 unspecified atom stereocenters. The van der Waals surface area contributed by atoms with Crippen LogP contribution in [-0.4, -0.2) is 38.4 Å². The zero-order valence-electron chi connectivity index (χ0n) is 16.0. The van der Waals surface area contributed by atoms with Crippen LogP contribution in [0.15, 0.2) is 42.5 Å². The van der Waals surface area contributed by atoms with Gasteiger partial charge in [0.05, 0.1) is 32.5 Å². The van der Waals surface area contributed by atoms with E-state index in [-0.39, 0.29) is 16.9 Å². The summed E-state index contributed by atoms with van der Waals surface area (Å²) in [5, 5.41) is 12.1. The van der Waals surface area contributed by atoms with Gasteiger partial charge in [0.2, 0.25) is 0 Å². The number of esters is 2. The molecule has 28 heavy (non-hydrogen) atoms. The van der Waals surface area contributed by atoms with Gasteiger partial charge in [-0.1, -0.05) is 30.3 Å². The molecule has 0 bridgehead atoms. The average molecular weight is 380 g/mol. The molecule has 0 radical (unpaired) electrons. The standard InChI is InChI=1S/C22H20O6/c1-12-17(23)11-16(21(24)27-3)20(22(25)28-4)19(12)15-9-10-18(26-2)14-8-6-5-7-13(14)15/h5-11,23H,1-4H3. The van der Waals surface area contributed by atoms with Crippen LogP contribution in [0.4, 0.5) is 0 Å².